The Morgan fingerprint density at radius 3 is 2.60 bits per heavy atom. The minimum absolute atomic E-state index is 0.148. The Morgan fingerprint density at radius 1 is 1.20 bits per heavy atom. The van der Waals surface area contributed by atoms with Crippen LogP contribution in [0.15, 0.2) is 12.1 Å². The molecule has 0 bridgehead atoms. The first-order chi connectivity index (χ1) is 9.50. The highest BCUT2D eigenvalue weighted by molar-refractivity contribution is 5.44. The molecule has 20 heavy (non-hydrogen) atoms. The lowest BCUT2D eigenvalue weighted by atomic mass is 9.80. The van der Waals surface area contributed by atoms with Gasteiger partial charge in [0.25, 0.3) is 0 Å². The van der Waals surface area contributed by atoms with E-state index in [2.05, 4.69) is 32.9 Å². The number of methoxy groups -OCH3 is 1. The molecule has 1 aliphatic carbocycles. The molecule has 0 heterocycles. The third kappa shape index (κ3) is 3.01. The molecular formula is C18H29NO. The van der Waals surface area contributed by atoms with Crippen LogP contribution in [0.5, 0.6) is 5.75 Å². The van der Waals surface area contributed by atoms with E-state index in [-0.39, 0.29) is 5.54 Å². The van der Waals surface area contributed by atoms with E-state index in [0.29, 0.717) is 0 Å². The molecule has 2 rings (SSSR count). The number of ether oxygens (including phenoxy) is 1. The van der Waals surface area contributed by atoms with E-state index in [9.17, 15) is 0 Å². The first-order valence-corrected chi connectivity index (χ1v) is 7.94. The van der Waals surface area contributed by atoms with Crippen molar-refractivity contribution in [2.24, 2.45) is 11.7 Å². The molecule has 1 fully saturated rings. The molecule has 2 nitrogen and oxygen atoms in total. The lowest BCUT2D eigenvalue weighted by Crippen LogP contribution is -2.37. The molecule has 112 valence electrons. The monoisotopic (exact) mass is 275 g/mol. The zero-order valence-corrected chi connectivity index (χ0v) is 13.5. The van der Waals surface area contributed by atoms with Crippen LogP contribution >= 0.6 is 0 Å². The fraction of sp³-hybridized carbons (Fsp3) is 0.667. The number of hydrogen-bond donors (Lipinski definition) is 1. The van der Waals surface area contributed by atoms with Gasteiger partial charge < -0.3 is 10.5 Å². The fourth-order valence-electron chi connectivity index (χ4n) is 3.66. The second kappa shape index (κ2) is 6.17. The van der Waals surface area contributed by atoms with Gasteiger partial charge in [0.05, 0.1) is 7.11 Å². The number of aryl methyl sites for hydroxylation is 2. The maximum atomic E-state index is 6.82. The van der Waals surface area contributed by atoms with Gasteiger partial charge in [-0.2, -0.15) is 0 Å². The minimum Gasteiger partial charge on any atom is -0.496 e. The lowest BCUT2D eigenvalue weighted by Gasteiger charge is -2.31. The summed E-state index contributed by atoms with van der Waals surface area (Å²) in [6.07, 6.45) is 7.35. The molecule has 2 atom stereocenters. The Balaban J connectivity index is 2.32. The molecular weight excluding hydrogens is 246 g/mol. The summed E-state index contributed by atoms with van der Waals surface area (Å²) in [5, 5.41) is 0. The second-order valence-corrected chi connectivity index (χ2v) is 6.50. The molecule has 2 N–H and O–H groups in total. The molecule has 0 radical (unpaired) electrons. The van der Waals surface area contributed by atoms with Crippen LogP contribution in [0, 0.1) is 19.8 Å². The van der Waals surface area contributed by atoms with Gasteiger partial charge in [-0.05, 0) is 61.8 Å². The van der Waals surface area contributed by atoms with Gasteiger partial charge in [0.1, 0.15) is 5.75 Å². The van der Waals surface area contributed by atoms with E-state index >= 15 is 0 Å². The van der Waals surface area contributed by atoms with Crippen LogP contribution in [-0.4, -0.2) is 7.11 Å². The first kappa shape index (κ1) is 15.4. The Hall–Kier alpha value is -1.02. The van der Waals surface area contributed by atoms with E-state index in [1.807, 2.05) is 0 Å². The van der Waals surface area contributed by atoms with Crippen molar-refractivity contribution >= 4 is 0 Å². The van der Waals surface area contributed by atoms with Crippen molar-refractivity contribution in [1.29, 1.82) is 0 Å². The molecule has 1 aromatic rings. The largest absolute Gasteiger partial charge is 0.496 e. The van der Waals surface area contributed by atoms with Gasteiger partial charge >= 0.3 is 0 Å². The Bertz CT molecular complexity index is 469. The Morgan fingerprint density at radius 2 is 1.95 bits per heavy atom. The minimum atomic E-state index is -0.148. The molecule has 0 amide bonds. The predicted molar refractivity (Wildman–Crippen MR) is 85.2 cm³/mol. The molecule has 0 aromatic heterocycles. The lowest BCUT2D eigenvalue weighted by molar-refractivity contribution is 0.368. The zero-order chi connectivity index (χ0) is 14.8. The Kier molecular flexibility index (Phi) is 4.74. The summed E-state index contributed by atoms with van der Waals surface area (Å²) >= 11 is 0. The molecule has 0 saturated heterocycles. The number of nitrogens with two attached hydrogens (primary N) is 1. The van der Waals surface area contributed by atoms with Crippen LogP contribution in [0.3, 0.4) is 0 Å². The number of rotatable bonds is 3. The average Bonchev–Trinajstić information content (AvgIpc) is 2.63. The predicted octanol–water partition coefficient (Wildman–Crippen LogP) is 4.46. The van der Waals surface area contributed by atoms with Gasteiger partial charge in [0.2, 0.25) is 0 Å². The van der Waals surface area contributed by atoms with E-state index in [4.69, 9.17) is 10.5 Å². The normalized spacial score (nSPS) is 27.1. The number of hydrogen-bond acceptors (Lipinski definition) is 2. The molecule has 1 aliphatic rings. The summed E-state index contributed by atoms with van der Waals surface area (Å²) in [7, 11) is 1.73. The number of benzene rings is 1. The fourth-order valence-corrected chi connectivity index (χ4v) is 3.66. The van der Waals surface area contributed by atoms with Gasteiger partial charge in [0.15, 0.2) is 0 Å². The van der Waals surface area contributed by atoms with E-state index < -0.39 is 0 Å². The highest BCUT2D eigenvalue weighted by Gasteiger charge is 2.32. The van der Waals surface area contributed by atoms with E-state index in [1.165, 1.54) is 42.4 Å². The van der Waals surface area contributed by atoms with Gasteiger partial charge in [-0.25, -0.2) is 0 Å². The summed E-state index contributed by atoms with van der Waals surface area (Å²) in [4.78, 5) is 0. The molecule has 1 saturated carbocycles. The molecule has 2 unspecified atom stereocenters. The third-order valence-corrected chi connectivity index (χ3v) is 5.09. The van der Waals surface area contributed by atoms with Gasteiger partial charge in [-0.1, -0.05) is 32.3 Å². The van der Waals surface area contributed by atoms with Crippen molar-refractivity contribution in [2.75, 3.05) is 7.11 Å². The van der Waals surface area contributed by atoms with Gasteiger partial charge in [-0.15, -0.1) is 0 Å². The summed E-state index contributed by atoms with van der Waals surface area (Å²) in [6, 6.07) is 4.39. The Labute approximate surface area is 123 Å². The highest BCUT2D eigenvalue weighted by atomic mass is 16.5. The SMILES string of the molecule is CCC1CCCC(N)(c2cc(C)c(OC)cc2C)CC1. The molecule has 0 aliphatic heterocycles. The highest BCUT2D eigenvalue weighted by Crippen LogP contribution is 2.39. The maximum Gasteiger partial charge on any atom is 0.122 e. The standard InChI is InChI=1S/C18H29NO/c1-5-15-7-6-9-18(19,10-8-15)16-11-14(3)17(20-4)12-13(16)2/h11-12,15H,5-10,19H2,1-4H3. The topological polar surface area (TPSA) is 35.2 Å². The average molecular weight is 275 g/mol. The van der Waals surface area contributed by atoms with Crippen LogP contribution in [-0.2, 0) is 5.54 Å². The summed E-state index contributed by atoms with van der Waals surface area (Å²) in [6.45, 7) is 6.57. The van der Waals surface area contributed by atoms with Crippen molar-refractivity contribution < 1.29 is 4.74 Å². The molecule has 1 aromatic carbocycles. The van der Waals surface area contributed by atoms with Gasteiger partial charge in [-0.3, -0.25) is 0 Å². The van der Waals surface area contributed by atoms with Crippen LogP contribution in [0.4, 0.5) is 0 Å². The summed E-state index contributed by atoms with van der Waals surface area (Å²) in [5.41, 5.74) is 10.5. The molecule has 2 heteroatoms. The smallest absolute Gasteiger partial charge is 0.122 e. The second-order valence-electron chi connectivity index (χ2n) is 6.50. The third-order valence-electron chi connectivity index (χ3n) is 5.09. The quantitative estimate of drug-likeness (QED) is 0.827. The first-order valence-electron chi connectivity index (χ1n) is 7.94. The van der Waals surface area contributed by atoms with Crippen molar-refractivity contribution in [3.63, 3.8) is 0 Å². The van der Waals surface area contributed by atoms with Crippen molar-refractivity contribution in [1.82, 2.24) is 0 Å². The van der Waals surface area contributed by atoms with Crippen LogP contribution < -0.4 is 10.5 Å². The van der Waals surface area contributed by atoms with Crippen LogP contribution in [0.2, 0.25) is 0 Å². The van der Waals surface area contributed by atoms with Crippen molar-refractivity contribution in [2.45, 2.75) is 64.8 Å². The van der Waals surface area contributed by atoms with Crippen molar-refractivity contribution in [3.05, 3.63) is 28.8 Å². The van der Waals surface area contributed by atoms with Gasteiger partial charge in [0, 0.05) is 5.54 Å². The summed E-state index contributed by atoms with van der Waals surface area (Å²) < 4.78 is 5.42. The molecule has 0 spiro atoms. The van der Waals surface area contributed by atoms with Crippen LogP contribution in [0.1, 0.15) is 62.1 Å². The van der Waals surface area contributed by atoms with E-state index in [1.54, 1.807) is 7.11 Å². The van der Waals surface area contributed by atoms with Crippen molar-refractivity contribution in [3.8, 4) is 5.75 Å². The zero-order valence-electron chi connectivity index (χ0n) is 13.5. The summed E-state index contributed by atoms with van der Waals surface area (Å²) in [5.74, 6) is 1.83. The maximum absolute atomic E-state index is 6.82. The van der Waals surface area contributed by atoms with Crippen LogP contribution in [0.25, 0.3) is 0 Å². The van der Waals surface area contributed by atoms with E-state index in [0.717, 1.165) is 24.5 Å².